The average Bonchev–Trinajstić information content (AvgIpc) is 2.40. The van der Waals surface area contributed by atoms with Gasteiger partial charge in [0.2, 0.25) is 5.95 Å². The van der Waals surface area contributed by atoms with Gasteiger partial charge >= 0.3 is 0 Å². The molecular weight excluding hydrogens is 304 g/mol. The molecule has 1 saturated heterocycles. The van der Waals surface area contributed by atoms with Gasteiger partial charge in [-0.1, -0.05) is 13.8 Å². The second-order valence-electron chi connectivity index (χ2n) is 5.68. The molecule has 0 amide bonds. The Balaban J connectivity index is 1.74. The molecule has 1 fully saturated rings. The van der Waals surface area contributed by atoms with Gasteiger partial charge in [-0.05, 0) is 53.7 Å². The number of nitrogens with one attached hydrogen (secondary N) is 1. The predicted octanol–water partition coefficient (Wildman–Crippen LogP) is 2.70. The summed E-state index contributed by atoms with van der Waals surface area (Å²) in [4.78, 5) is 11.0. The van der Waals surface area contributed by atoms with Crippen LogP contribution in [-0.4, -0.2) is 36.1 Å². The lowest BCUT2D eigenvalue weighted by Crippen LogP contribution is -2.38. The van der Waals surface area contributed by atoms with Crippen LogP contribution in [0.3, 0.4) is 0 Å². The van der Waals surface area contributed by atoms with Crippen molar-refractivity contribution in [2.24, 2.45) is 11.8 Å². The first-order valence-electron chi connectivity index (χ1n) is 7.08. The van der Waals surface area contributed by atoms with Gasteiger partial charge in [-0.25, -0.2) is 9.97 Å². The van der Waals surface area contributed by atoms with E-state index < -0.39 is 0 Å². The molecule has 106 valence electrons. The van der Waals surface area contributed by atoms with Gasteiger partial charge in [-0.3, -0.25) is 0 Å². The van der Waals surface area contributed by atoms with Crippen LogP contribution in [0.4, 0.5) is 5.95 Å². The summed E-state index contributed by atoms with van der Waals surface area (Å²) < 4.78 is 0.934. The SMILES string of the molecule is CC(C)CNCC1CCN(c2ncc(Br)cn2)CC1. The Labute approximate surface area is 124 Å². The zero-order valence-corrected chi connectivity index (χ0v) is 13.4. The van der Waals surface area contributed by atoms with Crippen LogP contribution in [0.1, 0.15) is 26.7 Å². The van der Waals surface area contributed by atoms with Crippen molar-refractivity contribution >= 4 is 21.9 Å². The van der Waals surface area contributed by atoms with Crippen LogP contribution < -0.4 is 10.2 Å². The number of anilines is 1. The number of hydrogen-bond acceptors (Lipinski definition) is 4. The third kappa shape index (κ3) is 4.73. The zero-order valence-electron chi connectivity index (χ0n) is 11.8. The van der Waals surface area contributed by atoms with Gasteiger partial charge in [-0.2, -0.15) is 0 Å². The molecule has 0 saturated carbocycles. The molecule has 2 heterocycles. The van der Waals surface area contributed by atoms with Crippen molar-refractivity contribution in [1.29, 1.82) is 0 Å². The largest absolute Gasteiger partial charge is 0.341 e. The van der Waals surface area contributed by atoms with Gasteiger partial charge in [0.05, 0.1) is 4.47 Å². The standard InChI is InChI=1S/C14H23BrN4/c1-11(2)7-16-8-12-3-5-19(6-4-12)14-17-9-13(15)10-18-14/h9-12,16H,3-8H2,1-2H3. The maximum absolute atomic E-state index is 4.36. The minimum absolute atomic E-state index is 0.733. The Morgan fingerprint density at radius 1 is 1.32 bits per heavy atom. The van der Waals surface area contributed by atoms with Gasteiger partial charge in [0.15, 0.2) is 0 Å². The first-order valence-corrected chi connectivity index (χ1v) is 7.87. The first kappa shape index (κ1) is 14.7. The van der Waals surface area contributed by atoms with Crippen LogP contribution in [0.15, 0.2) is 16.9 Å². The highest BCUT2D eigenvalue weighted by atomic mass is 79.9. The van der Waals surface area contributed by atoms with E-state index in [0.29, 0.717) is 0 Å². The van der Waals surface area contributed by atoms with Gasteiger partial charge in [0.25, 0.3) is 0 Å². The number of halogens is 1. The van der Waals surface area contributed by atoms with Crippen molar-refractivity contribution in [2.45, 2.75) is 26.7 Å². The fourth-order valence-electron chi connectivity index (χ4n) is 2.38. The molecule has 0 aromatic carbocycles. The lowest BCUT2D eigenvalue weighted by molar-refractivity contribution is 0.372. The summed E-state index contributed by atoms with van der Waals surface area (Å²) in [5, 5.41) is 3.56. The van der Waals surface area contributed by atoms with Crippen molar-refractivity contribution < 1.29 is 0 Å². The summed E-state index contributed by atoms with van der Waals surface area (Å²) in [7, 11) is 0. The van der Waals surface area contributed by atoms with Crippen molar-refractivity contribution in [3.63, 3.8) is 0 Å². The second kappa shape index (κ2) is 7.20. The molecule has 0 radical (unpaired) electrons. The zero-order chi connectivity index (χ0) is 13.7. The van der Waals surface area contributed by atoms with Crippen LogP contribution in [-0.2, 0) is 0 Å². The van der Waals surface area contributed by atoms with Crippen LogP contribution in [0, 0.1) is 11.8 Å². The summed E-state index contributed by atoms with van der Waals surface area (Å²) in [6.07, 6.45) is 6.09. The molecule has 0 bridgehead atoms. The van der Waals surface area contributed by atoms with E-state index in [1.807, 2.05) is 12.4 Å². The molecule has 0 unspecified atom stereocenters. The molecule has 1 aliphatic heterocycles. The summed E-state index contributed by atoms with van der Waals surface area (Å²) in [5.41, 5.74) is 0. The number of aromatic nitrogens is 2. The van der Waals surface area contributed by atoms with Crippen LogP contribution >= 0.6 is 15.9 Å². The quantitative estimate of drug-likeness (QED) is 0.903. The number of piperidine rings is 1. The minimum atomic E-state index is 0.733. The molecule has 1 aromatic rings. The molecular formula is C14H23BrN4. The molecule has 4 nitrogen and oxygen atoms in total. The van der Waals surface area contributed by atoms with Crippen LogP contribution in [0.25, 0.3) is 0 Å². The minimum Gasteiger partial charge on any atom is -0.341 e. The van der Waals surface area contributed by atoms with Crippen LogP contribution in [0.5, 0.6) is 0 Å². The van der Waals surface area contributed by atoms with Crippen molar-refractivity contribution in [2.75, 3.05) is 31.1 Å². The molecule has 0 aliphatic carbocycles. The summed E-state index contributed by atoms with van der Waals surface area (Å²) >= 11 is 3.37. The van der Waals surface area contributed by atoms with Crippen molar-refractivity contribution in [1.82, 2.24) is 15.3 Å². The first-order chi connectivity index (χ1) is 9.15. The molecule has 2 rings (SSSR count). The Kier molecular flexibility index (Phi) is 5.58. The Bertz CT molecular complexity index is 372. The highest BCUT2D eigenvalue weighted by molar-refractivity contribution is 9.10. The highest BCUT2D eigenvalue weighted by Gasteiger charge is 2.20. The van der Waals surface area contributed by atoms with Crippen molar-refractivity contribution in [3.05, 3.63) is 16.9 Å². The van der Waals surface area contributed by atoms with Gasteiger partial charge in [-0.15, -0.1) is 0 Å². The fraction of sp³-hybridized carbons (Fsp3) is 0.714. The summed E-state index contributed by atoms with van der Waals surface area (Å²) in [6, 6.07) is 0. The van der Waals surface area contributed by atoms with E-state index in [1.54, 1.807) is 0 Å². The third-order valence-electron chi connectivity index (χ3n) is 3.49. The fourth-order valence-corrected chi connectivity index (χ4v) is 2.59. The monoisotopic (exact) mass is 326 g/mol. The third-order valence-corrected chi connectivity index (χ3v) is 3.90. The lowest BCUT2D eigenvalue weighted by atomic mass is 9.97. The highest BCUT2D eigenvalue weighted by Crippen LogP contribution is 2.20. The summed E-state index contributed by atoms with van der Waals surface area (Å²) in [5.74, 6) is 2.39. The van der Waals surface area contributed by atoms with Gasteiger partial charge < -0.3 is 10.2 Å². The second-order valence-corrected chi connectivity index (χ2v) is 6.60. The molecule has 0 spiro atoms. The van der Waals surface area contributed by atoms with E-state index in [0.717, 1.165) is 48.4 Å². The normalized spacial score (nSPS) is 17.2. The van der Waals surface area contributed by atoms with E-state index in [1.165, 1.54) is 12.8 Å². The van der Waals surface area contributed by atoms with E-state index in [4.69, 9.17) is 0 Å². The lowest BCUT2D eigenvalue weighted by Gasteiger charge is -2.32. The van der Waals surface area contributed by atoms with Crippen molar-refractivity contribution in [3.8, 4) is 0 Å². The Morgan fingerprint density at radius 3 is 2.53 bits per heavy atom. The maximum Gasteiger partial charge on any atom is 0.225 e. The summed E-state index contributed by atoms with van der Waals surface area (Å²) in [6.45, 7) is 8.90. The average molecular weight is 327 g/mol. The molecule has 19 heavy (non-hydrogen) atoms. The smallest absolute Gasteiger partial charge is 0.225 e. The van der Waals surface area contributed by atoms with Gasteiger partial charge in [0, 0.05) is 25.5 Å². The van der Waals surface area contributed by atoms with Crippen LogP contribution in [0.2, 0.25) is 0 Å². The molecule has 0 atom stereocenters. The number of nitrogens with zero attached hydrogens (tertiary/aromatic N) is 3. The van der Waals surface area contributed by atoms with E-state index in [2.05, 4.69) is 50.0 Å². The number of hydrogen-bond donors (Lipinski definition) is 1. The van der Waals surface area contributed by atoms with Gasteiger partial charge in [0.1, 0.15) is 0 Å². The van der Waals surface area contributed by atoms with E-state index in [-0.39, 0.29) is 0 Å². The predicted molar refractivity (Wildman–Crippen MR) is 82.4 cm³/mol. The molecule has 1 N–H and O–H groups in total. The molecule has 1 aliphatic rings. The molecule has 1 aromatic heterocycles. The topological polar surface area (TPSA) is 41.0 Å². The molecule has 5 heteroatoms. The number of rotatable bonds is 5. The maximum atomic E-state index is 4.36. The van der Waals surface area contributed by atoms with E-state index >= 15 is 0 Å². The van der Waals surface area contributed by atoms with E-state index in [9.17, 15) is 0 Å². The Morgan fingerprint density at radius 2 is 1.95 bits per heavy atom. The Hall–Kier alpha value is -0.680.